The number of aryl methyl sites for hydroxylation is 1. The van der Waals surface area contributed by atoms with Crippen molar-refractivity contribution < 1.29 is 24.0 Å². The average Bonchev–Trinajstić information content (AvgIpc) is 2.91. The molecule has 7 nitrogen and oxygen atoms in total. The third kappa shape index (κ3) is 5.82. The molecule has 122 valence electrons. The predicted molar refractivity (Wildman–Crippen MR) is 81.2 cm³/mol. The van der Waals surface area contributed by atoms with E-state index in [9.17, 15) is 9.59 Å². The number of amides is 1. The predicted octanol–water partition coefficient (Wildman–Crippen LogP) is 1.35. The molecule has 23 heavy (non-hydrogen) atoms. The van der Waals surface area contributed by atoms with Crippen LogP contribution in [0.2, 0.25) is 0 Å². The molecule has 1 heterocycles. The van der Waals surface area contributed by atoms with Gasteiger partial charge in [0, 0.05) is 12.6 Å². The number of nitrogens with one attached hydrogen (secondary N) is 1. The molecular weight excluding hydrogens is 300 g/mol. The maximum atomic E-state index is 11.7. The summed E-state index contributed by atoms with van der Waals surface area (Å²) in [6.45, 7) is 1.92. The van der Waals surface area contributed by atoms with E-state index in [0.717, 1.165) is 5.56 Å². The standard InChI is InChI=1S/C16H18N2O5/c1-11-8-13(18-23-11)9-15(19)17-7-6-12-2-4-14(5-3-12)22-10-16(20)21/h2-5,8H,6-7,9-10H2,1H3,(H,17,19)(H,20,21). The highest BCUT2D eigenvalue weighted by Crippen LogP contribution is 2.12. The summed E-state index contributed by atoms with van der Waals surface area (Å²) >= 11 is 0. The second-order valence-electron chi connectivity index (χ2n) is 5.03. The van der Waals surface area contributed by atoms with Gasteiger partial charge in [-0.1, -0.05) is 17.3 Å². The molecule has 0 saturated carbocycles. The number of ether oxygens (including phenoxy) is 1. The Morgan fingerprint density at radius 3 is 2.65 bits per heavy atom. The maximum absolute atomic E-state index is 11.7. The fourth-order valence-corrected chi connectivity index (χ4v) is 1.97. The molecule has 7 heteroatoms. The summed E-state index contributed by atoms with van der Waals surface area (Å²) in [6, 6.07) is 8.82. The van der Waals surface area contributed by atoms with Crippen LogP contribution in [0, 0.1) is 6.92 Å². The fraction of sp³-hybridized carbons (Fsp3) is 0.312. The van der Waals surface area contributed by atoms with Crippen LogP contribution in [-0.2, 0) is 22.4 Å². The molecule has 0 fully saturated rings. The molecule has 0 atom stereocenters. The lowest BCUT2D eigenvalue weighted by molar-refractivity contribution is -0.139. The lowest BCUT2D eigenvalue weighted by Gasteiger charge is -2.06. The molecule has 0 radical (unpaired) electrons. The molecule has 0 saturated heterocycles. The van der Waals surface area contributed by atoms with E-state index < -0.39 is 5.97 Å². The van der Waals surface area contributed by atoms with Crippen LogP contribution in [0.25, 0.3) is 0 Å². The summed E-state index contributed by atoms with van der Waals surface area (Å²) in [5.74, 6) is 0.0541. The molecular formula is C16H18N2O5. The summed E-state index contributed by atoms with van der Waals surface area (Å²) in [7, 11) is 0. The number of aromatic nitrogens is 1. The van der Waals surface area contributed by atoms with Gasteiger partial charge in [-0.3, -0.25) is 4.79 Å². The zero-order chi connectivity index (χ0) is 16.7. The third-order valence-corrected chi connectivity index (χ3v) is 3.04. The number of carboxylic acids is 1. The Balaban J connectivity index is 1.71. The van der Waals surface area contributed by atoms with Gasteiger partial charge in [0.05, 0.1) is 12.1 Å². The van der Waals surface area contributed by atoms with Crippen molar-refractivity contribution in [2.24, 2.45) is 0 Å². The zero-order valence-electron chi connectivity index (χ0n) is 12.7. The van der Waals surface area contributed by atoms with Gasteiger partial charge in [0.15, 0.2) is 6.61 Å². The number of carbonyl (C=O) groups is 2. The average molecular weight is 318 g/mol. The van der Waals surface area contributed by atoms with Gasteiger partial charge in [-0.2, -0.15) is 0 Å². The van der Waals surface area contributed by atoms with Gasteiger partial charge >= 0.3 is 5.97 Å². The first-order valence-corrected chi connectivity index (χ1v) is 7.15. The van der Waals surface area contributed by atoms with Crippen LogP contribution in [0.5, 0.6) is 5.75 Å². The normalized spacial score (nSPS) is 10.3. The Morgan fingerprint density at radius 1 is 1.30 bits per heavy atom. The van der Waals surface area contributed by atoms with Gasteiger partial charge in [-0.25, -0.2) is 4.79 Å². The van der Waals surface area contributed by atoms with Gasteiger partial charge in [0.25, 0.3) is 0 Å². The highest BCUT2D eigenvalue weighted by Gasteiger charge is 2.07. The molecule has 0 unspecified atom stereocenters. The summed E-state index contributed by atoms with van der Waals surface area (Å²) in [5.41, 5.74) is 1.63. The minimum Gasteiger partial charge on any atom is -0.482 e. The topological polar surface area (TPSA) is 102 Å². The van der Waals surface area contributed by atoms with Crippen LogP contribution in [-0.4, -0.2) is 35.3 Å². The number of hydrogen-bond acceptors (Lipinski definition) is 5. The van der Waals surface area contributed by atoms with Crippen molar-refractivity contribution >= 4 is 11.9 Å². The van der Waals surface area contributed by atoms with Crippen molar-refractivity contribution in [1.82, 2.24) is 10.5 Å². The van der Waals surface area contributed by atoms with E-state index in [1.807, 2.05) is 12.1 Å². The number of hydrogen-bond donors (Lipinski definition) is 2. The van der Waals surface area contributed by atoms with Crippen molar-refractivity contribution in [3.63, 3.8) is 0 Å². The van der Waals surface area contributed by atoms with Crippen LogP contribution in [0.1, 0.15) is 17.0 Å². The third-order valence-electron chi connectivity index (χ3n) is 3.04. The van der Waals surface area contributed by atoms with Crippen molar-refractivity contribution in [1.29, 1.82) is 0 Å². The monoisotopic (exact) mass is 318 g/mol. The van der Waals surface area contributed by atoms with E-state index in [1.54, 1.807) is 25.1 Å². The Kier molecular flexibility index (Phi) is 5.74. The largest absolute Gasteiger partial charge is 0.482 e. The zero-order valence-corrected chi connectivity index (χ0v) is 12.7. The van der Waals surface area contributed by atoms with Crippen molar-refractivity contribution in [3.8, 4) is 5.75 Å². The maximum Gasteiger partial charge on any atom is 0.341 e. The molecule has 2 rings (SSSR count). The molecule has 0 aliphatic carbocycles. The number of carbonyl (C=O) groups excluding carboxylic acids is 1. The fourth-order valence-electron chi connectivity index (χ4n) is 1.97. The highest BCUT2D eigenvalue weighted by atomic mass is 16.5. The molecule has 0 bridgehead atoms. The van der Waals surface area contributed by atoms with Crippen LogP contribution in [0.3, 0.4) is 0 Å². The number of aliphatic carboxylic acids is 1. The van der Waals surface area contributed by atoms with Crippen LogP contribution in [0.4, 0.5) is 0 Å². The SMILES string of the molecule is Cc1cc(CC(=O)NCCc2ccc(OCC(=O)O)cc2)no1. The Hall–Kier alpha value is -2.83. The van der Waals surface area contributed by atoms with Crippen molar-refractivity contribution in [2.45, 2.75) is 19.8 Å². The molecule has 1 aromatic heterocycles. The van der Waals surface area contributed by atoms with Crippen molar-refractivity contribution in [2.75, 3.05) is 13.2 Å². The lowest BCUT2D eigenvalue weighted by Crippen LogP contribution is -2.27. The first kappa shape index (κ1) is 16.5. The van der Waals surface area contributed by atoms with E-state index in [4.69, 9.17) is 14.4 Å². The first-order valence-electron chi connectivity index (χ1n) is 7.15. The van der Waals surface area contributed by atoms with Gasteiger partial charge in [-0.15, -0.1) is 0 Å². The van der Waals surface area contributed by atoms with Gasteiger partial charge < -0.3 is 19.7 Å². The summed E-state index contributed by atoms with van der Waals surface area (Å²) in [6.07, 6.45) is 0.863. The quantitative estimate of drug-likeness (QED) is 0.762. The van der Waals surface area contributed by atoms with Crippen LogP contribution >= 0.6 is 0 Å². The molecule has 2 N–H and O–H groups in total. The summed E-state index contributed by atoms with van der Waals surface area (Å²) in [5, 5.41) is 15.1. The highest BCUT2D eigenvalue weighted by molar-refractivity contribution is 5.78. The lowest BCUT2D eigenvalue weighted by atomic mass is 10.1. The molecule has 2 aromatic rings. The summed E-state index contributed by atoms with van der Waals surface area (Å²) in [4.78, 5) is 22.1. The Morgan fingerprint density at radius 2 is 2.04 bits per heavy atom. The number of rotatable bonds is 8. The van der Waals surface area contributed by atoms with Gasteiger partial charge in [-0.05, 0) is 31.0 Å². The van der Waals surface area contributed by atoms with E-state index in [2.05, 4.69) is 10.5 Å². The Labute approximate surface area is 133 Å². The summed E-state index contributed by atoms with van der Waals surface area (Å²) < 4.78 is 9.95. The molecule has 0 aliphatic heterocycles. The number of carboxylic acid groups (broad SMARTS) is 1. The Bertz CT molecular complexity index is 663. The van der Waals surface area contributed by atoms with Gasteiger partial charge in [0.2, 0.25) is 5.91 Å². The number of nitrogens with zero attached hydrogens (tertiary/aromatic N) is 1. The van der Waals surface area contributed by atoms with Gasteiger partial charge in [0.1, 0.15) is 11.5 Å². The molecule has 1 aromatic carbocycles. The van der Waals surface area contributed by atoms with Crippen LogP contribution < -0.4 is 10.1 Å². The molecule has 0 spiro atoms. The van der Waals surface area contributed by atoms with E-state index in [1.165, 1.54) is 0 Å². The van der Waals surface area contributed by atoms with E-state index in [0.29, 0.717) is 30.2 Å². The minimum absolute atomic E-state index is 0.111. The van der Waals surface area contributed by atoms with Crippen LogP contribution in [0.15, 0.2) is 34.9 Å². The first-order chi connectivity index (χ1) is 11.0. The number of benzene rings is 1. The second kappa shape index (κ2) is 7.98. The minimum atomic E-state index is -1.01. The van der Waals surface area contributed by atoms with E-state index in [-0.39, 0.29) is 18.9 Å². The smallest absolute Gasteiger partial charge is 0.341 e. The van der Waals surface area contributed by atoms with E-state index >= 15 is 0 Å². The second-order valence-corrected chi connectivity index (χ2v) is 5.03. The van der Waals surface area contributed by atoms with Crippen molar-refractivity contribution in [3.05, 3.63) is 47.3 Å². The molecule has 1 amide bonds. The molecule has 0 aliphatic rings.